The first-order chi connectivity index (χ1) is 13.2. The van der Waals surface area contributed by atoms with Crippen LogP contribution in [0.25, 0.3) is 0 Å². The number of carbonyl (C=O) groups is 1. The zero-order valence-electron chi connectivity index (χ0n) is 14.9. The van der Waals surface area contributed by atoms with Crippen molar-refractivity contribution in [2.75, 3.05) is 13.2 Å². The molecule has 10 nitrogen and oxygen atoms in total. The summed E-state index contributed by atoms with van der Waals surface area (Å²) in [5, 5.41) is 28.1. The molecular formula is C17H20N4O6S. The minimum Gasteiger partial charge on any atom is -0.491 e. The van der Waals surface area contributed by atoms with Crippen molar-refractivity contribution in [1.29, 1.82) is 5.26 Å². The number of fused-ring (bicyclic) bond motifs is 1. The monoisotopic (exact) mass is 408 g/mol. The molecule has 1 fully saturated rings. The van der Waals surface area contributed by atoms with E-state index in [1.807, 2.05) is 0 Å². The van der Waals surface area contributed by atoms with Gasteiger partial charge in [0.25, 0.3) is 0 Å². The molecule has 2 aliphatic heterocycles. The third-order valence-corrected chi connectivity index (χ3v) is 6.93. The number of rotatable bonds is 4. The van der Waals surface area contributed by atoms with Crippen molar-refractivity contribution in [2.45, 2.75) is 35.9 Å². The van der Waals surface area contributed by atoms with E-state index in [2.05, 4.69) is 4.99 Å². The third kappa shape index (κ3) is 3.35. The Hall–Kier alpha value is -2.52. The zero-order chi connectivity index (χ0) is 20.5. The number of aliphatic carboxylic acids is 1. The molecule has 0 aliphatic carbocycles. The van der Waals surface area contributed by atoms with Crippen LogP contribution in [0.1, 0.15) is 18.4 Å². The van der Waals surface area contributed by atoms with Gasteiger partial charge in [0, 0.05) is 25.1 Å². The number of aliphatic hydroxyl groups excluding tert-OH is 1. The number of nitrogens with two attached hydrogens (primary N) is 1. The highest BCUT2D eigenvalue weighted by Gasteiger charge is 2.54. The number of ether oxygens (including phenoxy) is 1. The summed E-state index contributed by atoms with van der Waals surface area (Å²) in [5.41, 5.74) is 4.33. The number of sulfonamides is 1. The van der Waals surface area contributed by atoms with Gasteiger partial charge in [0.05, 0.1) is 11.0 Å². The van der Waals surface area contributed by atoms with Gasteiger partial charge in [-0.2, -0.15) is 14.6 Å². The van der Waals surface area contributed by atoms with E-state index in [1.54, 1.807) is 0 Å². The Morgan fingerprint density at radius 2 is 2.25 bits per heavy atom. The second-order valence-corrected chi connectivity index (χ2v) is 8.64. The molecule has 0 bridgehead atoms. The summed E-state index contributed by atoms with van der Waals surface area (Å²) in [4.78, 5) is 15.2. The maximum absolute atomic E-state index is 13.3. The van der Waals surface area contributed by atoms with Crippen LogP contribution < -0.4 is 10.5 Å². The van der Waals surface area contributed by atoms with Gasteiger partial charge in [-0.3, -0.25) is 0 Å². The van der Waals surface area contributed by atoms with Crippen molar-refractivity contribution in [3.8, 4) is 11.9 Å². The van der Waals surface area contributed by atoms with Crippen molar-refractivity contribution in [2.24, 2.45) is 16.6 Å². The lowest BCUT2D eigenvalue weighted by Gasteiger charge is -2.44. The van der Waals surface area contributed by atoms with Crippen molar-refractivity contribution >= 4 is 22.2 Å². The van der Waals surface area contributed by atoms with Gasteiger partial charge in [-0.15, -0.1) is 0 Å². The van der Waals surface area contributed by atoms with E-state index in [1.165, 1.54) is 24.4 Å². The fourth-order valence-corrected chi connectivity index (χ4v) is 5.35. The minimum absolute atomic E-state index is 0.0851. The van der Waals surface area contributed by atoms with Crippen LogP contribution in [-0.4, -0.2) is 60.0 Å². The number of benzene rings is 1. The van der Waals surface area contributed by atoms with Crippen molar-refractivity contribution in [1.82, 2.24) is 4.31 Å². The lowest BCUT2D eigenvalue weighted by Crippen LogP contribution is -2.69. The van der Waals surface area contributed by atoms with Crippen LogP contribution in [0.2, 0.25) is 0 Å². The molecule has 0 amide bonds. The van der Waals surface area contributed by atoms with E-state index < -0.39 is 33.7 Å². The van der Waals surface area contributed by atoms with Crippen LogP contribution >= 0.6 is 0 Å². The van der Waals surface area contributed by atoms with Crippen molar-refractivity contribution in [3.63, 3.8) is 0 Å². The Balaban J connectivity index is 2.04. The number of aliphatic imine (C=N–C) groups is 1. The van der Waals surface area contributed by atoms with Gasteiger partial charge < -0.3 is 20.7 Å². The quantitative estimate of drug-likeness (QED) is 0.450. The molecular weight excluding hydrogens is 388 g/mol. The lowest BCUT2D eigenvalue weighted by molar-refractivity contribution is -0.151. The molecule has 1 saturated heterocycles. The van der Waals surface area contributed by atoms with E-state index >= 15 is 0 Å². The molecule has 1 aromatic carbocycles. The molecule has 3 atom stereocenters. The van der Waals surface area contributed by atoms with Gasteiger partial charge in [-0.1, -0.05) is 0 Å². The average Bonchev–Trinajstić information content (AvgIpc) is 2.66. The number of aliphatic hydroxyl groups is 1. The molecule has 0 saturated carbocycles. The van der Waals surface area contributed by atoms with Crippen LogP contribution in [0.4, 0.5) is 0 Å². The predicted octanol–water partition coefficient (Wildman–Crippen LogP) is -0.325. The number of carboxylic acid groups (broad SMARTS) is 1. The first-order valence-corrected chi connectivity index (χ1v) is 10.1. The summed E-state index contributed by atoms with van der Waals surface area (Å²) in [5.74, 6) is -2.02. The molecule has 1 aromatic rings. The molecule has 0 spiro atoms. The van der Waals surface area contributed by atoms with Crippen LogP contribution in [0.5, 0.6) is 5.75 Å². The highest BCUT2D eigenvalue weighted by atomic mass is 32.2. The van der Waals surface area contributed by atoms with Gasteiger partial charge >= 0.3 is 5.97 Å². The highest BCUT2D eigenvalue weighted by molar-refractivity contribution is 7.89. The Morgan fingerprint density at radius 3 is 2.93 bits per heavy atom. The molecule has 2 heterocycles. The summed E-state index contributed by atoms with van der Waals surface area (Å²) in [7, 11) is -4.28. The first-order valence-electron chi connectivity index (χ1n) is 8.62. The number of carboxylic acids is 1. The molecule has 4 N–H and O–H groups in total. The molecule has 2 aliphatic rings. The normalized spacial score (nSPS) is 28.3. The zero-order valence-corrected chi connectivity index (χ0v) is 15.7. The van der Waals surface area contributed by atoms with Gasteiger partial charge in [0.2, 0.25) is 16.2 Å². The molecule has 0 aromatic heterocycles. The van der Waals surface area contributed by atoms with Gasteiger partial charge in [0.15, 0.2) is 5.66 Å². The standard InChI is InChI=1S/C17H20N4O6S/c18-10-20-8-12-2-1-5-21(17(12,19)16(23)24)28(25,26)14-3-4-15-11(7-14)6-13(22)9-27-15/h3-4,7-8,12-13,22H,1-2,5-6,9,19H2,(H,23,24). The molecule has 11 heteroatoms. The first kappa shape index (κ1) is 20.2. The maximum atomic E-state index is 13.3. The van der Waals surface area contributed by atoms with Crippen molar-refractivity contribution in [3.05, 3.63) is 23.8 Å². The number of nitriles is 1. The fourth-order valence-electron chi connectivity index (χ4n) is 3.58. The Kier molecular flexibility index (Phi) is 5.40. The van der Waals surface area contributed by atoms with Gasteiger partial charge in [-0.25, -0.2) is 13.2 Å². The molecule has 3 unspecified atom stereocenters. The Morgan fingerprint density at radius 1 is 1.50 bits per heavy atom. The Bertz CT molecular complexity index is 957. The smallest absolute Gasteiger partial charge is 0.340 e. The second kappa shape index (κ2) is 7.48. The topological polar surface area (TPSA) is 166 Å². The van der Waals surface area contributed by atoms with Gasteiger partial charge in [0.1, 0.15) is 12.4 Å². The second-order valence-electron chi connectivity index (χ2n) is 6.77. The maximum Gasteiger partial charge on any atom is 0.340 e. The average molecular weight is 408 g/mol. The number of hydrogen-bond acceptors (Lipinski definition) is 8. The molecule has 28 heavy (non-hydrogen) atoms. The van der Waals surface area contributed by atoms with E-state index in [-0.39, 0.29) is 30.9 Å². The largest absolute Gasteiger partial charge is 0.491 e. The Labute approximate surface area is 161 Å². The van der Waals surface area contributed by atoms with Crippen LogP contribution in [0.3, 0.4) is 0 Å². The molecule has 3 rings (SSSR count). The predicted molar refractivity (Wildman–Crippen MR) is 96.9 cm³/mol. The summed E-state index contributed by atoms with van der Waals surface area (Å²) in [6.45, 7) is 0.0360. The van der Waals surface area contributed by atoms with E-state index in [4.69, 9.17) is 15.7 Å². The fraction of sp³-hybridized carbons (Fsp3) is 0.471. The number of piperidine rings is 1. The van der Waals surface area contributed by atoms with Crippen LogP contribution in [0.15, 0.2) is 28.1 Å². The number of hydrogen-bond donors (Lipinski definition) is 3. The van der Waals surface area contributed by atoms with E-state index in [9.17, 15) is 23.4 Å². The van der Waals surface area contributed by atoms with Crippen LogP contribution in [0, 0.1) is 17.4 Å². The summed E-state index contributed by atoms with van der Waals surface area (Å²) < 4.78 is 32.6. The van der Waals surface area contributed by atoms with E-state index in [0.717, 1.165) is 10.5 Å². The van der Waals surface area contributed by atoms with Gasteiger partial charge in [-0.05, 0) is 36.6 Å². The molecule has 150 valence electrons. The van der Waals surface area contributed by atoms with E-state index in [0.29, 0.717) is 17.7 Å². The van der Waals surface area contributed by atoms with Crippen molar-refractivity contribution < 1.29 is 28.2 Å². The summed E-state index contributed by atoms with van der Waals surface area (Å²) in [6, 6.07) is 4.16. The third-order valence-electron chi connectivity index (χ3n) is 5.02. The van der Waals surface area contributed by atoms with Crippen LogP contribution in [-0.2, 0) is 21.2 Å². The summed E-state index contributed by atoms with van der Waals surface area (Å²) in [6.07, 6.45) is 2.74. The SMILES string of the molecule is N#CN=CC1CCCN(S(=O)(=O)c2ccc3c(c2)CC(O)CO3)C1(N)C(=O)O. The highest BCUT2D eigenvalue weighted by Crippen LogP contribution is 2.36. The lowest BCUT2D eigenvalue weighted by atomic mass is 9.86. The molecule has 0 radical (unpaired) electrons. The minimum atomic E-state index is -4.28. The summed E-state index contributed by atoms with van der Waals surface area (Å²) >= 11 is 0. The number of nitrogens with zero attached hydrogens (tertiary/aromatic N) is 3.